The Kier molecular flexibility index (Phi) is 8.08. The van der Waals surface area contributed by atoms with E-state index in [1.165, 1.54) is 20.7 Å². The van der Waals surface area contributed by atoms with Crippen molar-refractivity contribution in [1.82, 2.24) is 0 Å². The molecule has 0 atom stereocenters. The van der Waals surface area contributed by atoms with Crippen molar-refractivity contribution in [1.29, 1.82) is 0 Å². The smallest absolute Gasteiger partial charge is 0.154 e. The zero-order valence-corrected chi connectivity index (χ0v) is 21.8. The first-order chi connectivity index (χ1) is 14.9. The molecule has 158 valence electrons. The second-order valence-corrected chi connectivity index (χ2v) is 16.4. The van der Waals surface area contributed by atoms with Gasteiger partial charge in [-0.25, -0.2) is 0 Å². The van der Waals surface area contributed by atoms with Crippen molar-refractivity contribution in [3.8, 4) is 0 Å². The first-order valence-electron chi connectivity index (χ1n) is 10.8. The van der Waals surface area contributed by atoms with Crippen LogP contribution in [0.3, 0.4) is 0 Å². The highest BCUT2D eigenvalue weighted by molar-refractivity contribution is 7.35. The lowest BCUT2D eigenvalue weighted by Gasteiger charge is -2.38. The van der Waals surface area contributed by atoms with Crippen LogP contribution in [0.4, 0.5) is 0 Å². The van der Waals surface area contributed by atoms with E-state index < -0.39 is 7.38 Å². The third kappa shape index (κ3) is 6.07. The van der Waals surface area contributed by atoms with Crippen molar-refractivity contribution in [2.45, 2.75) is 25.8 Å². The third-order valence-corrected chi connectivity index (χ3v) is 14.6. The van der Waals surface area contributed by atoms with Crippen LogP contribution in [0.1, 0.15) is 20.8 Å². The molecule has 0 aliphatic heterocycles. The van der Waals surface area contributed by atoms with Gasteiger partial charge in [0.15, 0.2) is 0 Å². The molecule has 0 saturated carbocycles. The normalized spacial score (nSPS) is 11.4. The first-order valence-corrected chi connectivity index (χ1v) is 15.2. The lowest BCUT2D eigenvalue weighted by atomic mass is 10.2. The molecule has 3 heteroatoms. The van der Waals surface area contributed by atoms with Crippen molar-refractivity contribution in [2.24, 2.45) is 0 Å². The Hall–Kier alpha value is -2.40. The molecule has 4 aromatic rings. The molecule has 0 nitrogen and oxygen atoms in total. The largest absolute Gasteiger partial charge is 0.222 e. The number of halogens is 1. The van der Waals surface area contributed by atoms with Gasteiger partial charge in [0.25, 0.3) is 0 Å². The van der Waals surface area contributed by atoms with E-state index in [2.05, 4.69) is 130 Å². The lowest BCUT2D eigenvalue weighted by Crippen LogP contribution is -2.59. The van der Waals surface area contributed by atoms with Crippen LogP contribution in [-0.4, -0.2) is 16.9 Å². The molecule has 0 aromatic heterocycles. The molecule has 0 amide bonds. The zero-order valence-electron chi connectivity index (χ0n) is 18.6. The van der Waals surface area contributed by atoms with Crippen LogP contribution in [0.5, 0.6) is 0 Å². The SMILES string of the molecule is CC(C)(C)[Si](Cl)(c1ccccc1)c1ccccc1.c1ccc([SiH2]c2ccccc2)cc1. The summed E-state index contributed by atoms with van der Waals surface area (Å²) in [6, 6.07) is 42.6. The van der Waals surface area contributed by atoms with Crippen LogP contribution in [0, 0.1) is 0 Å². The van der Waals surface area contributed by atoms with E-state index >= 15 is 0 Å². The summed E-state index contributed by atoms with van der Waals surface area (Å²) in [5.74, 6) is 0. The van der Waals surface area contributed by atoms with Gasteiger partial charge in [0.2, 0.25) is 7.38 Å². The maximum atomic E-state index is 7.21. The fourth-order valence-electron chi connectivity index (χ4n) is 3.80. The van der Waals surface area contributed by atoms with E-state index in [0.717, 1.165) is 0 Å². The minimum Gasteiger partial charge on any atom is -0.154 e. The Bertz CT molecular complexity index is 951. The van der Waals surface area contributed by atoms with Crippen molar-refractivity contribution < 1.29 is 0 Å². The topological polar surface area (TPSA) is 0 Å². The van der Waals surface area contributed by atoms with Gasteiger partial charge in [-0.3, -0.25) is 0 Å². The second kappa shape index (κ2) is 10.8. The monoisotopic (exact) mass is 458 g/mol. The number of benzene rings is 4. The molecule has 4 aromatic carbocycles. The molecule has 0 saturated heterocycles. The molecule has 0 aliphatic carbocycles. The van der Waals surface area contributed by atoms with Crippen LogP contribution in [0.2, 0.25) is 5.04 Å². The Balaban J connectivity index is 0.000000185. The molecule has 31 heavy (non-hydrogen) atoms. The summed E-state index contributed by atoms with van der Waals surface area (Å²) >= 11 is 7.21. The molecular weight excluding hydrogens is 428 g/mol. The molecule has 4 rings (SSSR count). The fraction of sp³-hybridized carbons (Fsp3) is 0.143. The summed E-state index contributed by atoms with van der Waals surface area (Å²) < 4.78 is 0. The second-order valence-electron chi connectivity index (χ2n) is 8.79. The zero-order chi connectivity index (χ0) is 22.2. The molecule has 0 aliphatic rings. The summed E-state index contributed by atoms with van der Waals surface area (Å²) in [6.07, 6.45) is 0. The van der Waals surface area contributed by atoms with Crippen molar-refractivity contribution in [3.05, 3.63) is 121 Å². The predicted molar refractivity (Wildman–Crippen MR) is 144 cm³/mol. The van der Waals surface area contributed by atoms with Crippen LogP contribution in [0.15, 0.2) is 121 Å². The van der Waals surface area contributed by atoms with Crippen LogP contribution in [0.25, 0.3) is 0 Å². The summed E-state index contributed by atoms with van der Waals surface area (Å²) in [5.41, 5.74) is 0. The molecule has 0 fully saturated rings. The number of hydrogen-bond acceptors (Lipinski definition) is 0. The van der Waals surface area contributed by atoms with Gasteiger partial charge in [-0.15, -0.1) is 0 Å². The molecule has 0 unspecified atom stereocenters. The Morgan fingerprint density at radius 1 is 0.516 bits per heavy atom. The van der Waals surface area contributed by atoms with Gasteiger partial charge < -0.3 is 0 Å². The van der Waals surface area contributed by atoms with Crippen LogP contribution < -0.4 is 20.7 Å². The maximum absolute atomic E-state index is 7.21. The quantitative estimate of drug-likeness (QED) is 0.310. The molecular formula is C28H31ClSi2. The summed E-state index contributed by atoms with van der Waals surface area (Å²) in [7, 11) is -2.47. The molecule has 0 heterocycles. The highest BCUT2D eigenvalue weighted by Gasteiger charge is 2.46. The van der Waals surface area contributed by atoms with Crippen LogP contribution in [-0.2, 0) is 0 Å². The van der Waals surface area contributed by atoms with E-state index in [1.807, 2.05) is 12.1 Å². The average Bonchev–Trinajstić information content (AvgIpc) is 2.81. The Morgan fingerprint density at radius 3 is 1.10 bits per heavy atom. The predicted octanol–water partition coefficient (Wildman–Crippen LogP) is 4.59. The van der Waals surface area contributed by atoms with Gasteiger partial charge in [-0.2, -0.15) is 11.1 Å². The number of hydrogen-bond donors (Lipinski definition) is 0. The van der Waals surface area contributed by atoms with Gasteiger partial charge in [-0.05, 0) is 15.4 Å². The molecule has 0 bridgehead atoms. The minimum atomic E-state index is -2.23. The first kappa shape index (κ1) is 23.3. The number of rotatable bonds is 4. The van der Waals surface area contributed by atoms with E-state index in [1.54, 1.807) is 0 Å². The van der Waals surface area contributed by atoms with E-state index in [4.69, 9.17) is 11.1 Å². The van der Waals surface area contributed by atoms with Gasteiger partial charge in [0.1, 0.15) is 0 Å². The van der Waals surface area contributed by atoms with Crippen molar-refractivity contribution in [2.75, 3.05) is 0 Å². The third-order valence-electron chi connectivity index (χ3n) is 5.47. The highest BCUT2D eigenvalue weighted by atomic mass is 35.6. The van der Waals surface area contributed by atoms with Crippen molar-refractivity contribution >= 4 is 48.7 Å². The van der Waals surface area contributed by atoms with Crippen molar-refractivity contribution in [3.63, 3.8) is 0 Å². The average molecular weight is 459 g/mol. The highest BCUT2D eigenvalue weighted by Crippen LogP contribution is 2.38. The van der Waals surface area contributed by atoms with E-state index in [0.29, 0.717) is 0 Å². The van der Waals surface area contributed by atoms with E-state index in [9.17, 15) is 0 Å². The summed E-state index contributed by atoms with van der Waals surface area (Å²) in [5, 5.41) is 5.65. The summed E-state index contributed by atoms with van der Waals surface area (Å²) in [4.78, 5) is 0. The fourth-order valence-corrected chi connectivity index (χ4v) is 9.41. The van der Waals surface area contributed by atoms with Gasteiger partial charge in [0, 0.05) is 0 Å². The van der Waals surface area contributed by atoms with Crippen LogP contribution >= 0.6 is 11.1 Å². The Morgan fingerprint density at radius 2 is 0.806 bits per heavy atom. The molecule has 0 radical (unpaired) electrons. The Labute approximate surface area is 195 Å². The summed E-state index contributed by atoms with van der Waals surface area (Å²) in [6.45, 7) is 6.73. The molecule has 0 spiro atoms. The van der Waals surface area contributed by atoms with Gasteiger partial charge in [-0.1, -0.05) is 152 Å². The van der Waals surface area contributed by atoms with Gasteiger partial charge in [0.05, 0.1) is 9.52 Å². The minimum absolute atomic E-state index is 0.0667. The maximum Gasteiger partial charge on any atom is 0.222 e. The molecule has 0 N–H and O–H groups in total. The standard InChI is InChI=1S/C16H19ClSi.C12H12Si/c1-16(2,3)18(17,14-10-6-4-7-11-14)15-12-8-5-9-13-15;1-3-7-11(8-4-1)13-12-9-5-2-6-10-12/h4-13H,1-3H3;1-10H,13H2. The van der Waals surface area contributed by atoms with Gasteiger partial charge >= 0.3 is 0 Å². The van der Waals surface area contributed by atoms with E-state index in [-0.39, 0.29) is 14.6 Å². The lowest BCUT2D eigenvalue weighted by molar-refractivity contribution is 0.744.